The van der Waals surface area contributed by atoms with Crippen LogP contribution < -0.4 is 9.47 Å². The van der Waals surface area contributed by atoms with Gasteiger partial charge in [0.2, 0.25) is 0 Å². The van der Waals surface area contributed by atoms with E-state index in [4.69, 9.17) is 21.1 Å². The van der Waals surface area contributed by atoms with E-state index in [1.54, 1.807) is 26.6 Å². The van der Waals surface area contributed by atoms with Gasteiger partial charge in [-0.2, -0.15) is 0 Å². The third-order valence-corrected chi connectivity index (χ3v) is 3.35. The van der Waals surface area contributed by atoms with Gasteiger partial charge in [-0.15, -0.1) is 10.2 Å². The van der Waals surface area contributed by atoms with E-state index in [-0.39, 0.29) is 0 Å². The molecule has 3 rings (SSSR count). The minimum atomic E-state index is 0.396. The van der Waals surface area contributed by atoms with Crippen LogP contribution in [0.3, 0.4) is 0 Å². The van der Waals surface area contributed by atoms with Crippen molar-refractivity contribution in [2.24, 2.45) is 0 Å². The van der Waals surface area contributed by atoms with Crippen LogP contribution in [0.25, 0.3) is 5.65 Å². The lowest BCUT2D eigenvalue weighted by atomic mass is 10.1. The second-order valence-corrected chi connectivity index (χ2v) is 4.81. The molecule has 0 N–H and O–H groups in total. The van der Waals surface area contributed by atoms with Gasteiger partial charge >= 0.3 is 0 Å². The minimum absolute atomic E-state index is 0.396. The summed E-state index contributed by atoms with van der Waals surface area (Å²) >= 11 is 5.84. The lowest BCUT2D eigenvalue weighted by Crippen LogP contribution is -1.98. The van der Waals surface area contributed by atoms with Crippen molar-refractivity contribution in [2.75, 3.05) is 14.2 Å². The number of nitrogens with zero attached hydrogens (tertiary/aromatic N) is 4. The van der Waals surface area contributed by atoms with Crippen LogP contribution in [0.15, 0.2) is 30.6 Å². The Bertz CT molecular complexity index is 788. The van der Waals surface area contributed by atoms with Crippen molar-refractivity contribution in [3.8, 4) is 11.5 Å². The van der Waals surface area contributed by atoms with E-state index in [0.29, 0.717) is 28.7 Å². The molecule has 0 radical (unpaired) electrons. The first-order valence-corrected chi connectivity index (χ1v) is 6.65. The zero-order chi connectivity index (χ0) is 14.8. The summed E-state index contributed by atoms with van der Waals surface area (Å²) in [5, 5.41) is 8.65. The molecule has 0 amide bonds. The third-order valence-electron chi connectivity index (χ3n) is 3.15. The molecule has 0 fully saturated rings. The Morgan fingerprint density at radius 1 is 1.10 bits per heavy atom. The molecule has 0 aliphatic heterocycles. The predicted octanol–water partition coefficient (Wildman–Crippen LogP) is 2.39. The summed E-state index contributed by atoms with van der Waals surface area (Å²) in [5.74, 6) is 2.16. The summed E-state index contributed by atoms with van der Waals surface area (Å²) in [6.07, 6.45) is 2.22. The minimum Gasteiger partial charge on any atom is -0.493 e. The van der Waals surface area contributed by atoms with E-state index in [1.165, 1.54) is 0 Å². The van der Waals surface area contributed by atoms with Gasteiger partial charge in [-0.25, -0.2) is 4.98 Å². The normalized spacial score (nSPS) is 10.8. The zero-order valence-corrected chi connectivity index (χ0v) is 12.3. The molecule has 0 aliphatic rings. The molecule has 1 aromatic carbocycles. The average Bonchev–Trinajstić information content (AvgIpc) is 2.89. The summed E-state index contributed by atoms with van der Waals surface area (Å²) < 4.78 is 12.3. The molecule has 0 aliphatic carbocycles. The highest BCUT2D eigenvalue weighted by Crippen LogP contribution is 2.28. The van der Waals surface area contributed by atoms with E-state index in [0.717, 1.165) is 11.4 Å². The molecule has 0 saturated carbocycles. The van der Waals surface area contributed by atoms with Gasteiger partial charge in [-0.3, -0.25) is 4.40 Å². The van der Waals surface area contributed by atoms with Gasteiger partial charge in [0, 0.05) is 12.5 Å². The van der Waals surface area contributed by atoms with Gasteiger partial charge in [0.05, 0.1) is 14.2 Å². The van der Waals surface area contributed by atoms with E-state index < -0.39 is 0 Å². The number of ether oxygens (including phenoxy) is 2. The van der Waals surface area contributed by atoms with Gasteiger partial charge in [-0.05, 0) is 17.7 Å². The Kier molecular flexibility index (Phi) is 3.62. The molecule has 7 heteroatoms. The van der Waals surface area contributed by atoms with Gasteiger partial charge in [-0.1, -0.05) is 17.7 Å². The number of halogens is 1. The number of rotatable bonds is 4. The summed E-state index contributed by atoms with van der Waals surface area (Å²) in [7, 11) is 3.22. The van der Waals surface area contributed by atoms with E-state index in [1.807, 2.05) is 22.6 Å². The number of hydrogen-bond acceptors (Lipinski definition) is 5. The Morgan fingerprint density at radius 3 is 2.67 bits per heavy atom. The van der Waals surface area contributed by atoms with Crippen molar-refractivity contribution in [1.82, 2.24) is 19.6 Å². The van der Waals surface area contributed by atoms with Gasteiger partial charge in [0.1, 0.15) is 17.3 Å². The van der Waals surface area contributed by atoms with Crippen LogP contribution in [0.5, 0.6) is 11.5 Å². The smallest absolute Gasteiger partial charge is 0.165 e. The van der Waals surface area contributed by atoms with Crippen molar-refractivity contribution >= 4 is 17.2 Å². The fourth-order valence-corrected chi connectivity index (χ4v) is 2.25. The molecule has 3 aromatic rings. The highest BCUT2D eigenvalue weighted by molar-refractivity contribution is 6.29. The second kappa shape index (κ2) is 5.57. The standard InChI is InChI=1S/C14H13ClN4O2/c1-20-10-4-3-9(5-11(10)21-2)6-13-17-18-14-7-12(15)16-8-19(13)14/h3-5,7-8H,6H2,1-2H3. The zero-order valence-electron chi connectivity index (χ0n) is 11.6. The largest absolute Gasteiger partial charge is 0.493 e. The van der Waals surface area contributed by atoms with Crippen LogP contribution in [0, 0.1) is 0 Å². The van der Waals surface area contributed by atoms with Crippen LogP contribution in [0.2, 0.25) is 5.15 Å². The van der Waals surface area contributed by atoms with Crippen LogP contribution in [-0.4, -0.2) is 33.8 Å². The molecule has 2 aromatic heterocycles. The number of aromatic nitrogens is 4. The number of benzene rings is 1. The monoisotopic (exact) mass is 304 g/mol. The lowest BCUT2D eigenvalue weighted by molar-refractivity contribution is 0.354. The first-order chi connectivity index (χ1) is 10.2. The lowest BCUT2D eigenvalue weighted by Gasteiger charge is -2.09. The molecule has 0 spiro atoms. The Hall–Kier alpha value is -2.34. The van der Waals surface area contributed by atoms with Crippen LogP contribution >= 0.6 is 11.6 Å². The van der Waals surface area contributed by atoms with Crippen LogP contribution in [0.4, 0.5) is 0 Å². The molecular formula is C14H13ClN4O2. The van der Waals surface area contributed by atoms with Gasteiger partial charge in [0.25, 0.3) is 0 Å². The van der Waals surface area contributed by atoms with E-state index in [9.17, 15) is 0 Å². The fourth-order valence-electron chi connectivity index (χ4n) is 2.11. The van der Waals surface area contributed by atoms with Crippen LogP contribution in [-0.2, 0) is 6.42 Å². The highest BCUT2D eigenvalue weighted by Gasteiger charge is 2.10. The molecule has 21 heavy (non-hydrogen) atoms. The Morgan fingerprint density at radius 2 is 1.90 bits per heavy atom. The average molecular weight is 305 g/mol. The molecule has 108 valence electrons. The topological polar surface area (TPSA) is 61.5 Å². The maximum Gasteiger partial charge on any atom is 0.165 e. The molecule has 0 saturated heterocycles. The van der Waals surface area contributed by atoms with E-state index in [2.05, 4.69) is 15.2 Å². The van der Waals surface area contributed by atoms with Gasteiger partial charge < -0.3 is 9.47 Å². The highest BCUT2D eigenvalue weighted by atomic mass is 35.5. The van der Waals surface area contributed by atoms with Gasteiger partial charge in [0.15, 0.2) is 17.1 Å². The SMILES string of the molecule is COc1ccc(Cc2nnc3cc(Cl)ncn23)cc1OC. The molecule has 6 nitrogen and oxygen atoms in total. The summed E-state index contributed by atoms with van der Waals surface area (Å²) in [6, 6.07) is 7.42. The molecule has 0 unspecified atom stereocenters. The van der Waals surface area contributed by atoms with Crippen molar-refractivity contribution < 1.29 is 9.47 Å². The third kappa shape index (κ3) is 2.62. The number of fused-ring (bicyclic) bond motifs is 1. The maximum atomic E-state index is 5.84. The fraction of sp³-hybridized carbons (Fsp3) is 0.214. The quantitative estimate of drug-likeness (QED) is 0.693. The first kappa shape index (κ1) is 13.6. The molecular weight excluding hydrogens is 292 g/mol. The van der Waals surface area contributed by atoms with Crippen molar-refractivity contribution in [2.45, 2.75) is 6.42 Å². The van der Waals surface area contributed by atoms with Crippen molar-refractivity contribution in [3.63, 3.8) is 0 Å². The Balaban J connectivity index is 1.95. The second-order valence-electron chi connectivity index (χ2n) is 4.42. The molecule has 0 atom stereocenters. The first-order valence-electron chi connectivity index (χ1n) is 6.27. The van der Waals surface area contributed by atoms with E-state index >= 15 is 0 Å². The predicted molar refractivity (Wildman–Crippen MR) is 78.1 cm³/mol. The summed E-state index contributed by atoms with van der Waals surface area (Å²) in [6.45, 7) is 0. The van der Waals surface area contributed by atoms with Crippen molar-refractivity contribution in [1.29, 1.82) is 0 Å². The molecule has 2 heterocycles. The van der Waals surface area contributed by atoms with Crippen LogP contribution in [0.1, 0.15) is 11.4 Å². The summed E-state index contributed by atoms with van der Waals surface area (Å²) in [5.41, 5.74) is 1.71. The summed E-state index contributed by atoms with van der Waals surface area (Å²) in [4.78, 5) is 4.05. The number of methoxy groups -OCH3 is 2. The maximum absolute atomic E-state index is 5.84. The van der Waals surface area contributed by atoms with Crippen molar-refractivity contribution in [3.05, 3.63) is 47.1 Å². The number of hydrogen-bond donors (Lipinski definition) is 0. The molecule has 0 bridgehead atoms. The Labute approximate surface area is 126 Å².